The van der Waals surface area contributed by atoms with Crippen molar-refractivity contribution in [3.05, 3.63) is 60.2 Å². The van der Waals surface area contributed by atoms with E-state index in [4.69, 9.17) is 0 Å². The minimum Gasteiger partial charge on any atom is -0.0984 e. The van der Waals surface area contributed by atoms with E-state index in [2.05, 4.69) is 24.8 Å². The van der Waals surface area contributed by atoms with Crippen molar-refractivity contribution in [2.24, 2.45) is 0 Å². The maximum absolute atomic E-state index is 3.77. The Labute approximate surface area is 79.9 Å². The molecule has 0 atom stereocenters. The van der Waals surface area contributed by atoms with Gasteiger partial charge in [0.15, 0.2) is 0 Å². The summed E-state index contributed by atoms with van der Waals surface area (Å²) in [4.78, 5) is 0. The first-order valence-corrected chi connectivity index (χ1v) is 4.39. The topological polar surface area (TPSA) is 0 Å². The highest BCUT2D eigenvalue weighted by Crippen LogP contribution is 2.11. The summed E-state index contributed by atoms with van der Waals surface area (Å²) >= 11 is 0. The Morgan fingerprint density at radius 1 is 1.08 bits per heavy atom. The molecule has 0 aliphatic heterocycles. The van der Waals surface area contributed by atoms with E-state index in [0.717, 1.165) is 0 Å². The summed E-state index contributed by atoms with van der Waals surface area (Å²) in [5.74, 6) is 0. The zero-order valence-corrected chi connectivity index (χ0v) is 7.90. The van der Waals surface area contributed by atoms with Gasteiger partial charge in [0.05, 0.1) is 0 Å². The van der Waals surface area contributed by atoms with E-state index in [-0.39, 0.29) is 0 Å². The standard InChI is InChI=1S/C13H14/c1-3-5-6-10-13-11-8-7-9-12(13)4-2/h3-11H,2H2,1H3/b5-3+,10-6?. The summed E-state index contributed by atoms with van der Waals surface area (Å²) in [7, 11) is 0. The summed E-state index contributed by atoms with van der Waals surface area (Å²) < 4.78 is 0. The lowest BCUT2D eigenvalue weighted by Crippen LogP contribution is -1.77. The van der Waals surface area contributed by atoms with Gasteiger partial charge in [0.1, 0.15) is 0 Å². The van der Waals surface area contributed by atoms with E-state index in [1.165, 1.54) is 11.1 Å². The molecule has 0 spiro atoms. The van der Waals surface area contributed by atoms with Gasteiger partial charge in [-0.3, -0.25) is 0 Å². The van der Waals surface area contributed by atoms with Gasteiger partial charge in [0.2, 0.25) is 0 Å². The quantitative estimate of drug-likeness (QED) is 0.603. The van der Waals surface area contributed by atoms with Gasteiger partial charge in [0, 0.05) is 0 Å². The molecule has 66 valence electrons. The van der Waals surface area contributed by atoms with Crippen LogP contribution < -0.4 is 0 Å². The lowest BCUT2D eigenvalue weighted by Gasteiger charge is -1.97. The number of allylic oxidation sites excluding steroid dienone is 3. The van der Waals surface area contributed by atoms with Gasteiger partial charge >= 0.3 is 0 Å². The highest BCUT2D eigenvalue weighted by molar-refractivity contribution is 5.64. The maximum Gasteiger partial charge on any atom is -0.0184 e. The van der Waals surface area contributed by atoms with Crippen LogP contribution in [0.3, 0.4) is 0 Å². The normalized spacial score (nSPS) is 11.2. The number of hydrogen-bond donors (Lipinski definition) is 0. The van der Waals surface area contributed by atoms with Crippen LogP contribution in [0.5, 0.6) is 0 Å². The Balaban J connectivity index is 2.93. The highest BCUT2D eigenvalue weighted by atomic mass is 14.0. The third kappa shape index (κ3) is 2.75. The van der Waals surface area contributed by atoms with Crippen molar-refractivity contribution < 1.29 is 0 Å². The molecule has 1 rings (SSSR count). The second-order valence-electron chi connectivity index (χ2n) is 2.72. The molecule has 0 heterocycles. The van der Waals surface area contributed by atoms with Crippen molar-refractivity contribution in [3.8, 4) is 0 Å². The van der Waals surface area contributed by atoms with Crippen molar-refractivity contribution in [2.75, 3.05) is 0 Å². The van der Waals surface area contributed by atoms with E-state index < -0.39 is 0 Å². The molecule has 0 amide bonds. The Bertz CT molecular complexity index is 330. The molecule has 0 N–H and O–H groups in total. The van der Waals surface area contributed by atoms with E-state index in [1.807, 2.05) is 43.4 Å². The van der Waals surface area contributed by atoms with Crippen molar-refractivity contribution in [2.45, 2.75) is 6.92 Å². The smallest absolute Gasteiger partial charge is 0.0184 e. The molecule has 0 heteroatoms. The molecule has 0 aliphatic rings. The predicted molar refractivity (Wildman–Crippen MR) is 60.4 cm³/mol. The van der Waals surface area contributed by atoms with Crippen molar-refractivity contribution in [3.63, 3.8) is 0 Å². The molecule has 0 unspecified atom stereocenters. The van der Waals surface area contributed by atoms with E-state index in [0.29, 0.717) is 0 Å². The molecule has 0 radical (unpaired) electrons. The Morgan fingerprint density at radius 2 is 1.77 bits per heavy atom. The molecule has 1 aromatic rings. The monoisotopic (exact) mass is 170 g/mol. The van der Waals surface area contributed by atoms with E-state index >= 15 is 0 Å². The van der Waals surface area contributed by atoms with Gasteiger partial charge in [-0.2, -0.15) is 0 Å². The molecule has 0 saturated heterocycles. The van der Waals surface area contributed by atoms with Crippen LogP contribution in [0.4, 0.5) is 0 Å². The fourth-order valence-electron chi connectivity index (χ4n) is 1.12. The third-order valence-corrected chi connectivity index (χ3v) is 1.80. The van der Waals surface area contributed by atoms with Crippen LogP contribution >= 0.6 is 0 Å². The van der Waals surface area contributed by atoms with Crippen LogP contribution in [-0.2, 0) is 0 Å². The summed E-state index contributed by atoms with van der Waals surface area (Å²) in [6.45, 7) is 5.77. The first kappa shape index (κ1) is 9.53. The van der Waals surface area contributed by atoms with Crippen LogP contribution in [0, 0.1) is 0 Å². The van der Waals surface area contributed by atoms with Crippen LogP contribution in [0.15, 0.2) is 49.1 Å². The second kappa shape index (κ2) is 5.15. The van der Waals surface area contributed by atoms with Gasteiger partial charge < -0.3 is 0 Å². The van der Waals surface area contributed by atoms with Gasteiger partial charge in [-0.1, -0.05) is 61.2 Å². The fourth-order valence-corrected chi connectivity index (χ4v) is 1.12. The van der Waals surface area contributed by atoms with Crippen LogP contribution in [0.25, 0.3) is 12.2 Å². The fraction of sp³-hybridized carbons (Fsp3) is 0.0769. The van der Waals surface area contributed by atoms with E-state index in [9.17, 15) is 0 Å². The van der Waals surface area contributed by atoms with Crippen LogP contribution in [0.2, 0.25) is 0 Å². The van der Waals surface area contributed by atoms with E-state index in [1.54, 1.807) is 0 Å². The molecule has 0 aromatic heterocycles. The molecule has 1 aromatic carbocycles. The lowest BCUT2D eigenvalue weighted by atomic mass is 10.1. The molecule has 0 aliphatic carbocycles. The molecule has 13 heavy (non-hydrogen) atoms. The molecule has 0 bridgehead atoms. The summed E-state index contributed by atoms with van der Waals surface area (Å²) in [6.07, 6.45) is 10.0. The Morgan fingerprint density at radius 3 is 2.38 bits per heavy atom. The SMILES string of the molecule is C=Cc1ccccc1C=C/C=C/C. The number of rotatable bonds is 3. The number of hydrogen-bond acceptors (Lipinski definition) is 0. The summed E-state index contributed by atoms with van der Waals surface area (Å²) in [5, 5.41) is 0. The maximum atomic E-state index is 3.77. The van der Waals surface area contributed by atoms with Gasteiger partial charge in [0.25, 0.3) is 0 Å². The second-order valence-corrected chi connectivity index (χ2v) is 2.72. The van der Waals surface area contributed by atoms with Crippen LogP contribution in [0.1, 0.15) is 18.1 Å². The molecule has 0 nitrogen and oxygen atoms in total. The zero-order chi connectivity index (χ0) is 9.52. The van der Waals surface area contributed by atoms with Gasteiger partial charge in [-0.05, 0) is 18.1 Å². The van der Waals surface area contributed by atoms with Gasteiger partial charge in [-0.25, -0.2) is 0 Å². The minimum atomic E-state index is 1.17. The predicted octanol–water partition coefficient (Wildman–Crippen LogP) is 3.92. The molecular formula is C13H14. The average Bonchev–Trinajstić information content (AvgIpc) is 2.19. The first-order chi connectivity index (χ1) is 6.38. The first-order valence-electron chi connectivity index (χ1n) is 4.39. The highest BCUT2D eigenvalue weighted by Gasteiger charge is 1.90. The molecule has 0 fully saturated rings. The third-order valence-electron chi connectivity index (χ3n) is 1.80. The summed E-state index contributed by atoms with van der Waals surface area (Å²) in [6, 6.07) is 8.19. The Hall–Kier alpha value is -1.56. The molecular weight excluding hydrogens is 156 g/mol. The number of benzene rings is 1. The Kier molecular flexibility index (Phi) is 3.77. The van der Waals surface area contributed by atoms with Crippen molar-refractivity contribution >= 4 is 12.2 Å². The van der Waals surface area contributed by atoms with Crippen molar-refractivity contribution in [1.29, 1.82) is 0 Å². The summed E-state index contributed by atoms with van der Waals surface area (Å²) in [5.41, 5.74) is 2.37. The van der Waals surface area contributed by atoms with Gasteiger partial charge in [-0.15, -0.1) is 0 Å². The average molecular weight is 170 g/mol. The van der Waals surface area contributed by atoms with Crippen LogP contribution in [-0.4, -0.2) is 0 Å². The van der Waals surface area contributed by atoms with Crippen molar-refractivity contribution in [1.82, 2.24) is 0 Å². The minimum absolute atomic E-state index is 1.17. The largest absolute Gasteiger partial charge is 0.0984 e. The lowest BCUT2D eigenvalue weighted by molar-refractivity contribution is 1.61. The molecule has 0 saturated carbocycles. The zero-order valence-electron chi connectivity index (χ0n) is 7.90.